The molecular weight excluding hydrogens is 244 g/mol. The monoisotopic (exact) mass is 266 g/mol. The normalized spacial score (nSPS) is 21.1. The molecule has 1 fully saturated rings. The number of ether oxygens (including phenoxy) is 1. The Balaban J connectivity index is 1.79. The second-order valence-electron chi connectivity index (χ2n) is 4.82. The van der Waals surface area contributed by atoms with E-state index in [1.165, 1.54) is 18.4 Å². The molecular formula is C14H22N2OS. The fraction of sp³-hybridized carbons (Fsp3) is 0.643. The van der Waals surface area contributed by atoms with E-state index < -0.39 is 0 Å². The van der Waals surface area contributed by atoms with Gasteiger partial charge < -0.3 is 10.5 Å². The zero-order chi connectivity index (χ0) is 12.8. The van der Waals surface area contributed by atoms with Crippen molar-refractivity contribution >= 4 is 11.8 Å². The maximum atomic E-state index is 5.93. The molecule has 0 aromatic carbocycles. The summed E-state index contributed by atoms with van der Waals surface area (Å²) in [7, 11) is 0. The fourth-order valence-corrected chi connectivity index (χ4v) is 2.93. The molecule has 0 amide bonds. The third kappa shape index (κ3) is 4.26. The van der Waals surface area contributed by atoms with Gasteiger partial charge in [0.25, 0.3) is 0 Å². The Bertz CT molecular complexity index is 349. The number of nitrogens with zero attached hydrogens (tertiary/aromatic N) is 1. The molecule has 2 atom stereocenters. The van der Waals surface area contributed by atoms with Crippen LogP contribution in [0.25, 0.3) is 0 Å². The first-order chi connectivity index (χ1) is 8.78. The Morgan fingerprint density at radius 1 is 1.56 bits per heavy atom. The summed E-state index contributed by atoms with van der Waals surface area (Å²) in [5, 5.41) is 1.08. The maximum Gasteiger partial charge on any atom is 0.0960 e. The molecule has 100 valence electrons. The Hall–Kier alpha value is -0.580. The largest absolute Gasteiger partial charge is 0.377 e. The molecule has 2 rings (SSSR count). The first-order valence-corrected chi connectivity index (χ1v) is 7.71. The van der Waals surface area contributed by atoms with Crippen LogP contribution >= 0.6 is 11.8 Å². The molecule has 2 heterocycles. The highest BCUT2D eigenvalue weighted by Gasteiger charge is 2.15. The summed E-state index contributed by atoms with van der Waals surface area (Å²) in [5.74, 6) is 1.01. The number of pyridine rings is 1. The predicted octanol–water partition coefficient (Wildman–Crippen LogP) is 2.63. The molecule has 1 aromatic heterocycles. The van der Waals surface area contributed by atoms with Crippen molar-refractivity contribution in [3.8, 4) is 0 Å². The van der Waals surface area contributed by atoms with Gasteiger partial charge in [-0.1, -0.05) is 13.0 Å². The second kappa shape index (κ2) is 7.12. The fourth-order valence-electron chi connectivity index (χ4n) is 2.02. The lowest BCUT2D eigenvalue weighted by Crippen LogP contribution is -2.21. The first-order valence-electron chi connectivity index (χ1n) is 6.73. The van der Waals surface area contributed by atoms with Crippen LogP contribution in [0.3, 0.4) is 0 Å². The van der Waals surface area contributed by atoms with Crippen LogP contribution < -0.4 is 5.73 Å². The van der Waals surface area contributed by atoms with Gasteiger partial charge in [-0.25, -0.2) is 4.98 Å². The van der Waals surface area contributed by atoms with E-state index >= 15 is 0 Å². The van der Waals surface area contributed by atoms with E-state index in [0.717, 1.165) is 30.2 Å². The summed E-state index contributed by atoms with van der Waals surface area (Å²) in [5.41, 5.74) is 7.16. The molecule has 1 saturated heterocycles. The zero-order valence-corrected chi connectivity index (χ0v) is 11.8. The van der Waals surface area contributed by atoms with Crippen molar-refractivity contribution in [2.75, 3.05) is 12.4 Å². The minimum Gasteiger partial charge on any atom is -0.377 e. The molecule has 3 nitrogen and oxygen atoms in total. The van der Waals surface area contributed by atoms with Crippen molar-refractivity contribution in [1.82, 2.24) is 4.98 Å². The predicted molar refractivity (Wildman–Crippen MR) is 75.9 cm³/mol. The molecule has 0 spiro atoms. The molecule has 1 aromatic rings. The maximum absolute atomic E-state index is 5.93. The van der Waals surface area contributed by atoms with E-state index in [0.29, 0.717) is 6.10 Å². The van der Waals surface area contributed by atoms with Crippen molar-refractivity contribution in [3.05, 3.63) is 23.9 Å². The quantitative estimate of drug-likeness (QED) is 0.804. The third-order valence-corrected chi connectivity index (χ3v) is 4.34. The van der Waals surface area contributed by atoms with Gasteiger partial charge in [0.05, 0.1) is 11.1 Å². The first kappa shape index (κ1) is 13.8. The van der Waals surface area contributed by atoms with E-state index in [9.17, 15) is 0 Å². The Morgan fingerprint density at radius 3 is 3.06 bits per heavy atom. The molecule has 1 aliphatic heterocycles. The van der Waals surface area contributed by atoms with Crippen LogP contribution in [0.15, 0.2) is 23.4 Å². The lowest BCUT2D eigenvalue weighted by molar-refractivity contribution is 0.129. The summed E-state index contributed by atoms with van der Waals surface area (Å²) in [4.78, 5) is 4.48. The summed E-state index contributed by atoms with van der Waals surface area (Å²) in [6.45, 7) is 3.04. The van der Waals surface area contributed by atoms with Crippen LogP contribution in [0, 0.1) is 0 Å². The number of hydrogen-bond acceptors (Lipinski definition) is 4. The molecule has 2 N–H and O–H groups in total. The topological polar surface area (TPSA) is 48.1 Å². The van der Waals surface area contributed by atoms with Crippen molar-refractivity contribution in [2.45, 2.75) is 49.8 Å². The SMILES string of the molecule is CCC(N)Cc1ccc(SCC2CCCO2)nc1. The van der Waals surface area contributed by atoms with Crippen molar-refractivity contribution in [2.24, 2.45) is 5.73 Å². The Kier molecular flexibility index (Phi) is 5.47. The lowest BCUT2D eigenvalue weighted by atomic mass is 10.1. The highest BCUT2D eigenvalue weighted by atomic mass is 32.2. The van der Waals surface area contributed by atoms with Gasteiger partial charge >= 0.3 is 0 Å². The zero-order valence-electron chi connectivity index (χ0n) is 11.0. The van der Waals surface area contributed by atoms with E-state index in [-0.39, 0.29) is 6.04 Å². The van der Waals surface area contributed by atoms with E-state index in [4.69, 9.17) is 10.5 Å². The molecule has 2 unspecified atom stereocenters. The van der Waals surface area contributed by atoms with Gasteiger partial charge in [-0.15, -0.1) is 11.8 Å². The number of hydrogen-bond donors (Lipinski definition) is 1. The minimum atomic E-state index is 0.247. The third-order valence-electron chi connectivity index (χ3n) is 3.26. The second-order valence-corrected chi connectivity index (χ2v) is 5.86. The molecule has 18 heavy (non-hydrogen) atoms. The van der Waals surface area contributed by atoms with E-state index in [2.05, 4.69) is 24.0 Å². The van der Waals surface area contributed by atoms with Crippen LogP contribution in [0.2, 0.25) is 0 Å². The van der Waals surface area contributed by atoms with Crippen LogP contribution in [0.5, 0.6) is 0 Å². The van der Waals surface area contributed by atoms with Crippen LogP contribution in [-0.4, -0.2) is 29.5 Å². The summed E-state index contributed by atoms with van der Waals surface area (Å²) in [6, 6.07) is 4.48. The van der Waals surface area contributed by atoms with Crippen molar-refractivity contribution in [1.29, 1.82) is 0 Å². The minimum absolute atomic E-state index is 0.247. The molecule has 0 aliphatic carbocycles. The Labute approximate surface area is 114 Å². The number of nitrogens with two attached hydrogens (primary N) is 1. The standard InChI is InChI=1S/C14H22N2OS/c1-2-12(15)8-11-5-6-14(16-9-11)18-10-13-4-3-7-17-13/h5-6,9,12-13H,2-4,7-8,10,15H2,1H3. The average Bonchev–Trinajstić information content (AvgIpc) is 2.91. The van der Waals surface area contributed by atoms with Gasteiger partial charge in [0, 0.05) is 24.6 Å². The molecule has 0 radical (unpaired) electrons. The van der Waals surface area contributed by atoms with Crippen molar-refractivity contribution in [3.63, 3.8) is 0 Å². The molecule has 1 aliphatic rings. The van der Waals surface area contributed by atoms with Gasteiger partial charge in [0.15, 0.2) is 0 Å². The Morgan fingerprint density at radius 2 is 2.44 bits per heavy atom. The van der Waals surface area contributed by atoms with Crippen LogP contribution in [-0.2, 0) is 11.2 Å². The smallest absolute Gasteiger partial charge is 0.0960 e. The molecule has 0 bridgehead atoms. The summed E-state index contributed by atoms with van der Waals surface area (Å²) >= 11 is 1.78. The van der Waals surface area contributed by atoms with Gasteiger partial charge in [-0.05, 0) is 37.3 Å². The lowest BCUT2D eigenvalue weighted by Gasteiger charge is -2.10. The van der Waals surface area contributed by atoms with E-state index in [1.54, 1.807) is 11.8 Å². The number of thioether (sulfide) groups is 1. The van der Waals surface area contributed by atoms with Crippen molar-refractivity contribution < 1.29 is 4.74 Å². The van der Waals surface area contributed by atoms with Gasteiger partial charge in [-0.3, -0.25) is 0 Å². The van der Waals surface area contributed by atoms with Crippen LogP contribution in [0.4, 0.5) is 0 Å². The highest BCUT2D eigenvalue weighted by molar-refractivity contribution is 7.99. The average molecular weight is 266 g/mol. The molecule has 4 heteroatoms. The van der Waals surface area contributed by atoms with Gasteiger partial charge in [0.2, 0.25) is 0 Å². The number of aromatic nitrogens is 1. The van der Waals surface area contributed by atoms with Gasteiger partial charge in [-0.2, -0.15) is 0 Å². The van der Waals surface area contributed by atoms with Crippen LogP contribution in [0.1, 0.15) is 31.7 Å². The highest BCUT2D eigenvalue weighted by Crippen LogP contribution is 2.22. The number of rotatable bonds is 6. The van der Waals surface area contributed by atoms with E-state index in [1.807, 2.05) is 6.20 Å². The summed E-state index contributed by atoms with van der Waals surface area (Å²) in [6.07, 6.45) is 6.69. The van der Waals surface area contributed by atoms with Gasteiger partial charge in [0.1, 0.15) is 0 Å². The molecule has 0 saturated carbocycles. The summed E-state index contributed by atoms with van der Waals surface area (Å²) < 4.78 is 5.60.